The van der Waals surface area contributed by atoms with E-state index in [1.54, 1.807) is 11.8 Å². The summed E-state index contributed by atoms with van der Waals surface area (Å²) in [4.78, 5) is 1.09. The Morgan fingerprint density at radius 3 is 2.84 bits per heavy atom. The highest BCUT2D eigenvalue weighted by molar-refractivity contribution is 7.99. The van der Waals surface area contributed by atoms with Crippen LogP contribution in [0.5, 0.6) is 0 Å². The van der Waals surface area contributed by atoms with Gasteiger partial charge in [0, 0.05) is 10.9 Å². The Balaban J connectivity index is 2.25. The molecule has 1 N–H and O–H groups in total. The van der Waals surface area contributed by atoms with Gasteiger partial charge in [-0.05, 0) is 36.1 Å². The second-order valence-electron chi connectivity index (χ2n) is 5.80. The largest absolute Gasteiger partial charge is 0.381 e. The molecule has 0 saturated heterocycles. The second kappa shape index (κ2) is 5.88. The Morgan fingerprint density at radius 1 is 1.47 bits per heavy atom. The fraction of sp³-hybridized carbons (Fsp3) is 0.562. The molecule has 1 fully saturated rings. The third-order valence-electron chi connectivity index (χ3n) is 4.02. The smallest absolute Gasteiger partial charge is 0.102 e. The predicted octanol–water partition coefficient (Wildman–Crippen LogP) is 4.66. The molecule has 3 heteroatoms. The molecule has 1 saturated carbocycles. The zero-order chi connectivity index (χ0) is 13.9. The molecular formula is C16H22N2S. The van der Waals surface area contributed by atoms with Gasteiger partial charge in [-0.1, -0.05) is 33.3 Å². The van der Waals surface area contributed by atoms with E-state index in [-0.39, 0.29) is 0 Å². The normalized spacial score (nSPS) is 21.1. The van der Waals surface area contributed by atoms with Crippen molar-refractivity contribution in [2.24, 2.45) is 5.41 Å². The maximum atomic E-state index is 9.43. The standard InChI is InChI=1S/C16H22N2S/c1-4-19-14-8-5-7-13(12(14)11-17)18-15-9-6-10-16(15,2)3/h5,7-8,15,18H,4,6,9-10H2,1-3H3. The van der Waals surface area contributed by atoms with Crippen LogP contribution in [0.3, 0.4) is 0 Å². The topological polar surface area (TPSA) is 35.8 Å². The number of hydrogen-bond acceptors (Lipinski definition) is 3. The SMILES string of the molecule is CCSc1cccc(NC2CCCC2(C)C)c1C#N. The molecular weight excluding hydrogens is 252 g/mol. The van der Waals surface area contributed by atoms with Crippen LogP contribution in [-0.2, 0) is 0 Å². The molecule has 102 valence electrons. The summed E-state index contributed by atoms with van der Waals surface area (Å²) in [5, 5.41) is 13.0. The minimum Gasteiger partial charge on any atom is -0.381 e. The van der Waals surface area contributed by atoms with Gasteiger partial charge in [-0.3, -0.25) is 0 Å². The lowest BCUT2D eigenvalue weighted by molar-refractivity contribution is 0.350. The first kappa shape index (κ1) is 14.3. The number of thioether (sulfide) groups is 1. The lowest BCUT2D eigenvalue weighted by atomic mass is 9.87. The summed E-state index contributed by atoms with van der Waals surface area (Å²) in [5.74, 6) is 0.993. The molecule has 19 heavy (non-hydrogen) atoms. The molecule has 1 aliphatic rings. The van der Waals surface area contributed by atoms with E-state index < -0.39 is 0 Å². The summed E-state index contributed by atoms with van der Waals surface area (Å²) in [6, 6.07) is 8.96. The molecule has 1 aromatic rings. The number of hydrogen-bond donors (Lipinski definition) is 1. The highest BCUT2D eigenvalue weighted by atomic mass is 32.2. The molecule has 1 unspecified atom stereocenters. The Hall–Kier alpha value is -1.14. The van der Waals surface area contributed by atoms with Gasteiger partial charge in [0.05, 0.1) is 11.3 Å². The van der Waals surface area contributed by atoms with Crippen molar-refractivity contribution in [1.82, 2.24) is 0 Å². The Labute approximate surface area is 120 Å². The van der Waals surface area contributed by atoms with Crippen molar-refractivity contribution >= 4 is 17.4 Å². The average Bonchev–Trinajstić information content (AvgIpc) is 2.70. The van der Waals surface area contributed by atoms with Gasteiger partial charge in [-0.2, -0.15) is 5.26 Å². The lowest BCUT2D eigenvalue weighted by Crippen LogP contribution is -2.31. The molecule has 2 nitrogen and oxygen atoms in total. The van der Waals surface area contributed by atoms with Gasteiger partial charge in [0.2, 0.25) is 0 Å². The van der Waals surface area contributed by atoms with Crippen molar-refractivity contribution in [2.75, 3.05) is 11.1 Å². The van der Waals surface area contributed by atoms with Crippen LogP contribution in [-0.4, -0.2) is 11.8 Å². The quantitative estimate of drug-likeness (QED) is 0.811. The van der Waals surface area contributed by atoms with Crippen molar-refractivity contribution in [3.8, 4) is 6.07 Å². The monoisotopic (exact) mass is 274 g/mol. The van der Waals surface area contributed by atoms with Crippen LogP contribution in [0, 0.1) is 16.7 Å². The minimum absolute atomic E-state index is 0.320. The number of anilines is 1. The van der Waals surface area contributed by atoms with Gasteiger partial charge < -0.3 is 5.32 Å². The zero-order valence-corrected chi connectivity index (χ0v) is 12.8. The van der Waals surface area contributed by atoms with E-state index in [0.29, 0.717) is 11.5 Å². The van der Waals surface area contributed by atoms with Crippen LogP contribution >= 0.6 is 11.8 Å². The molecule has 0 spiro atoms. The number of benzene rings is 1. The van der Waals surface area contributed by atoms with Crippen molar-refractivity contribution < 1.29 is 0 Å². The van der Waals surface area contributed by atoms with Gasteiger partial charge in [-0.15, -0.1) is 11.8 Å². The number of rotatable bonds is 4. The van der Waals surface area contributed by atoms with E-state index in [2.05, 4.69) is 32.2 Å². The molecule has 0 heterocycles. The zero-order valence-electron chi connectivity index (χ0n) is 12.0. The number of nitriles is 1. The third-order valence-corrected chi connectivity index (χ3v) is 4.96. The Morgan fingerprint density at radius 2 is 2.26 bits per heavy atom. The first-order valence-corrected chi connectivity index (χ1v) is 7.99. The van der Waals surface area contributed by atoms with Gasteiger partial charge in [0.15, 0.2) is 0 Å². The summed E-state index contributed by atoms with van der Waals surface area (Å²) < 4.78 is 0. The summed E-state index contributed by atoms with van der Waals surface area (Å²) in [6.45, 7) is 6.74. The summed E-state index contributed by atoms with van der Waals surface area (Å²) in [5.41, 5.74) is 2.12. The van der Waals surface area contributed by atoms with Crippen LogP contribution in [0.4, 0.5) is 5.69 Å². The first-order valence-electron chi connectivity index (χ1n) is 7.01. The average molecular weight is 274 g/mol. The van der Waals surface area contributed by atoms with E-state index in [1.165, 1.54) is 19.3 Å². The second-order valence-corrected chi connectivity index (χ2v) is 7.11. The van der Waals surface area contributed by atoms with E-state index in [1.807, 2.05) is 18.2 Å². The molecule has 0 radical (unpaired) electrons. The lowest BCUT2D eigenvalue weighted by Gasteiger charge is -2.29. The molecule has 1 aliphatic carbocycles. The first-order chi connectivity index (χ1) is 9.08. The van der Waals surface area contributed by atoms with E-state index in [4.69, 9.17) is 0 Å². The van der Waals surface area contributed by atoms with Crippen molar-refractivity contribution in [3.63, 3.8) is 0 Å². The summed E-state index contributed by atoms with van der Waals surface area (Å²) in [6.07, 6.45) is 3.73. The highest BCUT2D eigenvalue weighted by Crippen LogP contribution is 2.40. The van der Waals surface area contributed by atoms with Crippen molar-refractivity contribution in [3.05, 3.63) is 23.8 Å². The van der Waals surface area contributed by atoms with E-state index in [9.17, 15) is 5.26 Å². The third kappa shape index (κ3) is 3.06. The molecule has 0 aromatic heterocycles. The van der Waals surface area contributed by atoms with Gasteiger partial charge in [0.25, 0.3) is 0 Å². The molecule has 2 rings (SSSR count). The van der Waals surface area contributed by atoms with Gasteiger partial charge in [0.1, 0.15) is 6.07 Å². The van der Waals surface area contributed by atoms with Crippen LogP contribution in [0.15, 0.2) is 23.1 Å². The van der Waals surface area contributed by atoms with Crippen LogP contribution in [0.2, 0.25) is 0 Å². The van der Waals surface area contributed by atoms with Crippen LogP contribution in [0.25, 0.3) is 0 Å². The van der Waals surface area contributed by atoms with Crippen molar-refractivity contribution in [1.29, 1.82) is 5.26 Å². The molecule has 0 bridgehead atoms. The van der Waals surface area contributed by atoms with E-state index >= 15 is 0 Å². The molecule has 0 aliphatic heterocycles. The number of nitrogens with zero attached hydrogens (tertiary/aromatic N) is 1. The fourth-order valence-corrected chi connectivity index (χ4v) is 3.61. The summed E-state index contributed by atoms with van der Waals surface area (Å²) >= 11 is 1.74. The summed E-state index contributed by atoms with van der Waals surface area (Å²) in [7, 11) is 0. The fourth-order valence-electron chi connectivity index (χ4n) is 2.82. The predicted molar refractivity (Wildman–Crippen MR) is 82.6 cm³/mol. The van der Waals surface area contributed by atoms with Gasteiger partial charge in [-0.25, -0.2) is 0 Å². The van der Waals surface area contributed by atoms with Gasteiger partial charge >= 0.3 is 0 Å². The minimum atomic E-state index is 0.320. The Kier molecular flexibility index (Phi) is 4.42. The highest BCUT2D eigenvalue weighted by Gasteiger charge is 2.34. The van der Waals surface area contributed by atoms with Crippen molar-refractivity contribution in [2.45, 2.75) is 51.0 Å². The van der Waals surface area contributed by atoms with Crippen LogP contribution in [0.1, 0.15) is 45.6 Å². The molecule has 0 amide bonds. The Bertz CT molecular complexity index is 488. The number of nitrogens with one attached hydrogen (secondary N) is 1. The molecule has 1 aromatic carbocycles. The van der Waals surface area contributed by atoms with E-state index in [0.717, 1.165) is 21.9 Å². The molecule has 1 atom stereocenters. The maximum absolute atomic E-state index is 9.43. The van der Waals surface area contributed by atoms with Crippen LogP contribution < -0.4 is 5.32 Å². The maximum Gasteiger partial charge on any atom is 0.102 e.